The number of rotatable bonds is 9. The van der Waals surface area contributed by atoms with Crippen LogP contribution in [0.4, 0.5) is 0 Å². The molecular formula is C18H21N7O3. The second-order valence-corrected chi connectivity index (χ2v) is 6.52. The molecule has 0 aliphatic heterocycles. The summed E-state index contributed by atoms with van der Waals surface area (Å²) in [6.45, 7) is -0.0458. The van der Waals surface area contributed by atoms with Crippen LogP contribution in [0.3, 0.4) is 0 Å². The molecule has 1 saturated carbocycles. The van der Waals surface area contributed by atoms with Gasteiger partial charge in [0.05, 0.1) is 18.4 Å². The van der Waals surface area contributed by atoms with Crippen molar-refractivity contribution in [1.82, 2.24) is 30.9 Å². The van der Waals surface area contributed by atoms with Crippen molar-refractivity contribution in [2.45, 2.75) is 18.4 Å². The van der Waals surface area contributed by atoms with E-state index in [0.717, 1.165) is 18.4 Å². The van der Waals surface area contributed by atoms with Crippen LogP contribution in [0.2, 0.25) is 0 Å². The van der Waals surface area contributed by atoms with Crippen molar-refractivity contribution >= 4 is 24.4 Å². The van der Waals surface area contributed by atoms with Crippen LogP contribution in [0.5, 0.6) is 0 Å². The molecule has 146 valence electrons. The number of aromatic nitrogens is 3. The predicted octanol–water partition coefficient (Wildman–Crippen LogP) is -0.364. The predicted molar refractivity (Wildman–Crippen MR) is 100 cm³/mol. The molecule has 1 aromatic carbocycles. The Balaban J connectivity index is 1.72. The molecule has 1 aromatic heterocycles. The van der Waals surface area contributed by atoms with E-state index in [1.807, 2.05) is 0 Å². The molecular weight excluding hydrogens is 362 g/mol. The molecule has 2 aromatic rings. The van der Waals surface area contributed by atoms with Crippen molar-refractivity contribution in [3.63, 3.8) is 0 Å². The minimum atomic E-state index is -1.18. The van der Waals surface area contributed by atoms with E-state index >= 15 is 0 Å². The van der Waals surface area contributed by atoms with Gasteiger partial charge in [-0.25, -0.2) is 0 Å². The van der Waals surface area contributed by atoms with Gasteiger partial charge >= 0.3 is 0 Å². The zero-order valence-corrected chi connectivity index (χ0v) is 15.3. The maximum absolute atomic E-state index is 12.5. The van der Waals surface area contributed by atoms with E-state index in [0.29, 0.717) is 12.1 Å². The van der Waals surface area contributed by atoms with Crippen LogP contribution in [0.15, 0.2) is 30.5 Å². The van der Waals surface area contributed by atoms with Gasteiger partial charge in [-0.05, 0) is 36.5 Å². The third-order valence-electron chi connectivity index (χ3n) is 4.77. The van der Waals surface area contributed by atoms with Gasteiger partial charge in [0.2, 0.25) is 12.3 Å². The molecule has 1 aliphatic carbocycles. The maximum atomic E-state index is 12.5. The smallest absolute Gasteiger partial charge is 0.273 e. The Labute approximate surface area is 161 Å². The average Bonchev–Trinajstić information content (AvgIpc) is 3.47. The van der Waals surface area contributed by atoms with Crippen molar-refractivity contribution in [3.8, 4) is 5.69 Å². The molecule has 0 radical (unpaired) electrons. The molecule has 0 saturated heterocycles. The third kappa shape index (κ3) is 3.75. The number of amides is 3. The van der Waals surface area contributed by atoms with Crippen LogP contribution < -0.4 is 16.0 Å². The topological polar surface area (TPSA) is 142 Å². The fourth-order valence-corrected chi connectivity index (χ4v) is 3.05. The molecule has 1 unspecified atom stereocenters. The monoisotopic (exact) mass is 383 g/mol. The number of carbonyl (C=O) groups excluding carboxylic acids is 3. The highest BCUT2D eigenvalue weighted by atomic mass is 16.2. The number of nitrogens with zero attached hydrogens (tertiary/aromatic N) is 3. The lowest BCUT2D eigenvalue weighted by Gasteiger charge is -2.31. The number of carbonyl (C=O) groups is 3. The van der Waals surface area contributed by atoms with E-state index < -0.39 is 11.4 Å². The van der Waals surface area contributed by atoms with Crippen LogP contribution in [0.25, 0.3) is 5.69 Å². The average molecular weight is 383 g/mol. The van der Waals surface area contributed by atoms with Crippen LogP contribution >= 0.6 is 0 Å². The standard InChI is InChI=1S/C18H21N7O3/c1-20-17(28)18(22-11-26,13-4-5-13)10-21-16(27)15-9-23-25(24-15)14-6-2-12(8-19)3-7-14/h2-3,6-9,11,13,19H,4-5,10H2,1H3,(H,20,28)(H,21,27)(H,22,26). The Morgan fingerprint density at radius 2 is 2.04 bits per heavy atom. The highest BCUT2D eigenvalue weighted by molar-refractivity contribution is 5.94. The summed E-state index contributed by atoms with van der Waals surface area (Å²) in [5, 5.41) is 23.3. The first-order valence-electron chi connectivity index (χ1n) is 8.79. The van der Waals surface area contributed by atoms with Crippen molar-refractivity contribution in [3.05, 3.63) is 41.7 Å². The minimum Gasteiger partial charge on any atom is -0.357 e. The molecule has 4 N–H and O–H groups in total. The first-order valence-corrected chi connectivity index (χ1v) is 8.79. The highest BCUT2D eigenvalue weighted by Crippen LogP contribution is 2.39. The molecule has 10 heteroatoms. The molecule has 1 aliphatic rings. The van der Waals surface area contributed by atoms with Gasteiger partial charge < -0.3 is 21.4 Å². The number of nitrogens with one attached hydrogen (secondary N) is 4. The Morgan fingerprint density at radius 1 is 1.32 bits per heavy atom. The Bertz CT molecular complexity index is 889. The second-order valence-electron chi connectivity index (χ2n) is 6.52. The van der Waals surface area contributed by atoms with Crippen LogP contribution in [-0.4, -0.2) is 58.6 Å². The largest absolute Gasteiger partial charge is 0.357 e. The molecule has 1 heterocycles. The summed E-state index contributed by atoms with van der Waals surface area (Å²) in [6.07, 6.45) is 4.63. The number of likely N-dealkylation sites (N-methyl/N-ethyl adjacent to an activating group) is 1. The first-order chi connectivity index (χ1) is 13.5. The van der Waals surface area contributed by atoms with Gasteiger partial charge in [-0.2, -0.15) is 9.90 Å². The van der Waals surface area contributed by atoms with E-state index in [-0.39, 0.29) is 24.1 Å². The number of hydrogen-bond acceptors (Lipinski definition) is 6. The summed E-state index contributed by atoms with van der Waals surface area (Å²) in [6, 6.07) is 6.95. The summed E-state index contributed by atoms with van der Waals surface area (Å²) < 4.78 is 0. The fraction of sp³-hybridized carbons (Fsp3) is 0.333. The summed E-state index contributed by atoms with van der Waals surface area (Å²) in [5.41, 5.74) is 0.293. The molecule has 28 heavy (non-hydrogen) atoms. The molecule has 0 spiro atoms. The van der Waals surface area contributed by atoms with Crippen molar-refractivity contribution in [1.29, 1.82) is 5.41 Å². The van der Waals surface area contributed by atoms with Crippen LogP contribution in [0.1, 0.15) is 28.9 Å². The van der Waals surface area contributed by atoms with Gasteiger partial charge in [-0.1, -0.05) is 12.1 Å². The SMILES string of the molecule is CNC(=O)C(CNC(=O)c1cnn(-c2ccc(C=N)cc2)n1)(NC=O)C1CC1. The normalized spacial score (nSPS) is 15.2. The van der Waals surface area contributed by atoms with Gasteiger partial charge in [-0.3, -0.25) is 14.4 Å². The molecule has 1 fully saturated rings. The Morgan fingerprint density at radius 3 is 2.61 bits per heavy atom. The third-order valence-corrected chi connectivity index (χ3v) is 4.77. The van der Waals surface area contributed by atoms with Gasteiger partial charge in [0.15, 0.2) is 5.69 Å². The molecule has 1 atom stereocenters. The molecule has 10 nitrogen and oxygen atoms in total. The lowest BCUT2D eigenvalue weighted by Crippen LogP contribution is -2.63. The zero-order valence-electron chi connectivity index (χ0n) is 15.3. The zero-order chi connectivity index (χ0) is 20.1. The summed E-state index contributed by atoms with van der Waals surface area (Å²) >= 11 is 0. The van der Waals surface area contributed by atoms with Crippen molar-refractivity contribution < 1.29 is 14.4 Å². The minimum absolute atomic E-state index is 0.0269. The second kappa shape index (κ2) is 7.99. The fourth-order valence-electron chi connectivity index (χ4n) is 3.05. The lowest BCUT2D eigenvalue weighted by atomic mass is 9.91. The summed E-state index contributed by atoms with van der Waals surface area (Å²) in [4.78, 5) is 37.2. The van der Waals surface area contributed by atoms with E-state index in [2.05, 4.69) is 26.1 Å². The number of hydrogen-bond donors (Lipinski definition) is 4. The van der Waals surface area contributed by atoms with Gasteiger partial charge in [0.1, 0.15) is 5.54 Å². The summed E-state index contributed by atoms with van der Waals surface area (Å²) in [5.74, 6) is -0.873. The number of benzene rings is 1. The van der Waals surface area contributed by atoms with E-state index in [9.17, 15) is 14.4 Å². The van der Waals surface area contributed by atoms with Gasteiger partial charge in [-0.15, -0.1) is 5.10 Å². The van der Waals surface area contributed by atoms with E-state index in [1.54, 1.807) is 24.3 Å². The summed E-state index contributed by atoms with van der Waals surface area (Å²) in [7, 11) is 1.49. The molecule has 3 amide bonds. The van der Waals surface area contributed by atoms with Crippen molar-refractivity contribution in [2.24, 2.45) is 5.92 Å². The van der Waals surface area contributed by atoms with E-state index in [4.69, 9.17) is 5.41 Å². The highest BCUT2D eigenvalue weighted by Gasteiger charge is 2.50. The van der Waals surface area contributed by atoms with Crippen LogP contribution in [0, 0.1) is 11.3 Å². The molecule has 0 bridgehead atoms. The lowest BCUT2D eigenvalue weighted by molar-refractivity contribution is -0.130. The van der Waals surface area contributed by atoms with Crippen molar-refractivity contribution in [2.75, 3.05) is 13.6 Å². The first kappa shape index (κ1) is 19.2. The maximum Gasteiger partial charge on any atom is 0.273 e. The van der Waals surface area contributed by atoms with Gasteiger partial charge in [0.25, 0.3) is 5.91 Å². The van der Waals surface area contributed by atoms with E-state index in [1.165, 1.54) is 24.3 Å². The van der Waals surface area contributed by atoms with Gasteiger partial charge in [0, 0.05) is 13.3 Å². The Kier molecular flexibility index (Phi) is 5.48. The molecule has 3 rings (SSSR count). The Hall–Kier alpha value is -3.56. The van der Waals surface area contributed by atoms with Crippen LogP contribution in [-0.2, 0) is 9.59 Å². The quantitative estimate of drug-likeness (QED) is 0.345.